The van der Waals surface area contributed by atoms with Gasteiger partial charge in [0.2, 0.25) is 0 Å². The lowest BCUT2D eigenvalue weighted by Gasteiger charge is -2.05. The Morgan fingerprint density at radius 3 is 2.83 bits per heavy atom. The third-order valence-corrected chi connectivity index (χ3v) is 2.56. The molecule has 0 aliphatic carbocycles. The van der Waals surface area contributed by atoms with Gasteiger partial charge in [-0.05, 0) is 18.2 Å². The molecule has 0 spiro atoms. The number of anilines is 1. The molecule has 92 valence electrons. The Balaban J connectivity index is 2.22. The summed E-state index contributed by atoms with van der Waals surface area (Å²) in [6.07, 6.45) is 3.03. The summed E-state index contributed by atoms with van der Waals surface area (Å²) in [5.41, 5.74) is 0.585. The second-order valence-corrected chi connectivity index (χ2v) is 4.07. The Morgan fingerprint density at radius 1 is 1.39 bits per heavy atom. The molecule has 0 saturated carbocycles. The molecule has 0 saturated heterocycles. The minimum atomic E-state index is -0.366. The van der Waals surface area contributed by atoms with Crippen LogP contribution in [0.5, 0.6) is 0 Å². The summed E-state index contributed by atoms with van der Waals surface area (Å²) >= 11 is 5.70. The van der Waals surface area contributed by atoms with Crippen LogP contribution in [0.4, 0.5) is 5.69 Å². The molecule has 0 atom stereocenters. The highest BCUT2D eigenvalue weighted by Gasteiger charge is 2.07. The molecule has 1 N–H and O–H groups in total. The number of rotatable bonds is 2. The second kappa shape index (κ2) is 5.01. The quantitative estimate of drug-likeness (QED) is 0.839. The standard InChI is InChI=1S/C12H10ClN3O2/c1-16-5-3-8(6-11(16)17)12(18)15-9-2-4-14-10(13)7-9/h2-7H,1H3,(H,14,15,18). The Kier molecular flexibility index (Phi) is 3.43. The average Bonchev–Trinajstić information content (AvgIpc) is 2.32. The molecule has 5 nitrogen and oxygen atoms in total. The molecule has 0 bridgehead atoms. The van der Waals surface area contributed by atoms with E-state index in [9.17, 15) is 9.59 Å². The summed E-state index contributed by atoms with van der Waals surface area (Å²) in [4.78, 5) is 27.1. The molecule has 2 rings (SSSR count). The molecular formula is C12H10ClN3O2. The van der Waals surface area contributed by atoms with E-state index in [1.807, 2.05) is 0 Å². The molecule has 6 heteroatoms. The fourth-order valence-corrected chi connectivity index (χ4v) is 1.55. The number of nitrogens with one attached hydrogen (secondary N) is 1. The van der Waals surface area contributed by atoms with Gasteiger partial charge >= 0.3 is 0 Å². The van der Waals surface area contributed by atoms with E-state index in [4.69, 9.17) is 11.6 Å². The Bertz CT molecular complexity index is 652. The minimum Gasteiger partial charge on any atom is -0.322 e. The number of pyridine rings is 2. The van der Waals surface area contributed by atoms with Crippen molar-refractivity contribution in [3.63, 3.8) is 0 Å². The Morgan fingerprint density at radius 2 is 2.17 bits per heavy atom. The van der Waals surface area contributed by atoms with Crippen molar-refractivity contribution in [1.82, 2.24) is 9.55 Å². The molecule has 0 radical (unpaired) electrons. The van der Waals surface area contributed by atoms with Crippen molar-refractivity contribution in [2.24, 2.45) is 7.05 Å². The third-order valence-electron chi connectivity index (χ3n) is 2.35. The number of hydrogen-bond acceptors (Lipinski definition) is 3. The molecule has 0 aliphatic heterocycles. The number of hydrogen-bond donors (Lipinski definition) is 1. The van der Waals surface area contributed by atoms with E-state index in [1.54, 1.807) is 19.2 Å². The summed E-state index contributed by atoms with van der Waals surface area (Å²) < 4.78 is 1.39. The fourth-order valence-electron chi connectivity index (χ4n) is 1.37. The van der Waals surface area contributed by atoms with Crippen LogP contribution in [0.1, 0.15) is 10.4 Å². The molecule has 0 aliphatic rings. The van der Waals surface area contributed by atoms with Crippen LogP contribution >= 0.6 is 11.6 Å². The molecule has 1 amide bonds. The van der Waals surface area contributed by atoms with Gasteiger partial charge in [-0.15, -0.1) is 0 Å². The lowest BCUT2D eigenvalue weighted by Crippen LogP contribution is -2.19. The van der Waals surface area contributed by atoms with Crippen molar-refractivity contribution >= 4 is 23.2 Å². The van der Waals surface area contributed by atoms with E-state index >= 15 is 0 Å². The van der Waals surface area contributed by atoms with Crippen molar-refractivity contribution < 1.29 is 4.79 Å². The van der Waals surface area contributed by atoms with E-state index < -0.39 is 0 Å². The van der Waals surface area contributed by atoms with Crippen LogP contribution in [0.3, 0.4) is 0 Å². The largest absolute Gasteiger partial charge is 0.322 e. The first-order valence-electron chi connectivity index (χ1n) is 5.16. The zero-order valence-electron chi connectivity index (χ0n) is 9.55. The number of nitrogens with zero attached hydrogens (tertiary/aromatic N) is 2. The van der Waals surface area contributed by atoms with Crippen LogP contribution < -0.4 is 10.9 Å². The lowest BCUT2D eigenvalue weighted by atomic mass is 10.2. The zero-order valence-corrected chi connectivity index (χ0v) is 10.3. The van der Waals surface area contributed by atoms with Crippen LogP contribution in [0, 0.1) is 0 Å². The van der Waals surface area contributed by atoms with Crippen molar-refractivity contribution in [2.75, 3.05) is 5.32 Å². The lowest BCUT2D eigenvalue weighted by molar-refractivity contribution is 0.102. The molecule has 2 aromatic heterocycles. The van der Waals surface area contributed by atoms with Crippen molar-refractivity contribution in [3.8, 4) is 0 Å². The van der Waals surface area contributed by atoms with Crippen molar-refractivity contribution in [1.29, 1.82) is 0 Å². The Labute approximate surface area is 108 Å². The molecule has 2 aromatic rings. The van der Waals surface area contributed by atoms with E-state index in [0.717, 1.165) is 0 Å². The molecule has 0 fully saturated rings. The van der Waals surface area contributed by atoms with Crippen molar-refractivity contribution in [3.05, 3.63) is 57.7 Å². The maximum absolute atomic E-state index is 11.9. The van der Waals surface area contributed by atoms with Crippen LogP contribution in [0.2, 0.25) is 5.15 Å². The SMILES string of the molecule is Cn1ccc(C(=O)Nc2ccnc(Cl)c2)cc1=O. The number of carbonyl (C=O) groups excluding carboxylic acids is 1. The molecule has 2 heterocycles. The molecule has 18 heavy (non-hydrogen) atoms. The van der Waals surface area contributed by atoms with Crippen LogP contribution in [0.15, 0.2) is 41.5 Å². The van der Waals surface area contributed by atoms with Crippen LogP contribution in [-0.4, -0.2) is 15.5 Å². The predicted octanol–water partition coefficient (Wildman–Crippen LogP) is 1.69. The smallest absolute Gasteiger partial charge is 0.255 e. The Hall–Kier alpha value is -2.14. The normalized spacial score (nSPS) is 10.1. The van der Waals surface area contributed by atoms with Gasteiger partial charge in [-0.25, -0.2) is 4.98 Å². The van der Waals surface area contributed by atoms with E-state index in [0.29, 0.717) is 11.3 Å². The topological polar surface area (TPSA) is 64.0 Å². The minimum absolute atomic E-state index is 0.240. The van der Waals surface area contributed by atoms with Crippen LogP contribution in [0.25, 0.3) is 0 Å². The number of aryl methyl sites for hydroxylation is 1. The van der Waals surface area contributed by atoms with Gasteiger partial charge in [0.15, 0.2) is 0 Å². The van der Waals surface area contributed by atoms with E-state index in [1.165, 1.54) is 29.1 Å². The third kappa shape index (κ3) is 2.75. The summed E-state index contributed by atoms with van der Waals surface area (Å²) in [6, 6.07) is 5.99. The van der Waals surface area contributed by atoms with Gasteiger partial charge in [-0.3, -0.25) is 9.59 Å². The molecule has 0 aromatic carbocycles. The first-order valence-corrected chi connectivity index (χ1v) is 5.53. The molecular weight excluding hydrogens is 254 g/mol. The maximum Gasteiger partial charge on any atom is 0.255 e. The second-order valence-electron chi connectivity index (χ2n) is 3.69. The first-order chi connectivity index (χ1) is 8.56. The maximum atomic E-state index is 11.9. The van der Waals surface area contributed by atoms with Gasteiger partial charge in [-0.2, -0.15) is 0 Å². The van der Waals surface area contributed by atoms with Gasteiger partial charge in [0.1, 0.15) is 5.15 Å². The highest BCUT2D eigenvalue weighted by molar-refractivity contribution is 6.29. The zero-order chi connectivity index (χ0) is 13.1. The number of carbonyl (C=O) groups is 1. The summed E-state index contributed by atoms with van der Waals surface area (Å²) in [6.45, 7) is 0. The van der Waals surface area contributed by atoms with Gasteiger partial charge in [0.25, 0.3) is 11.5 Å². The van der Waals surface area contributed by atoms with Gasteiger partial charge in [-0.1, -0.05) is 11.6 Å². The molecule has 0 unspecified atom stereocenters. The van der Waals surface area contributed by atoms with Crippen LogP contribution in [-0.2, 0) is 7.05 Å². The number of aromatic nitrogens is 2. The van der Waals surface area contributed by atoms with E-state index in [2.05, 4.69) is 10.3 Å². The summed E-state index contributed by atoms with van der Waals surface area (Å²) in [5, 5.41) is 2.92. The fraction of sp³-hybridized carbons (Fsp3) is 0.0833. The number of halogens is 1. The highest BCUT2D eigenvalue weighted by Crippen LogP contribution is 2.12. The van der Waals surface area contributed by atoms with E-state index in [-0.39, 0.29) is 16.6 Å². The van der Waals surface area contributed by atoms with Crippen molar-refractivity contribution in [2.45, 2.75) is 0 Å². The van der Waals surface area contributed by atoms with Gasteiger partial charge in [0.05, 0.1) is 0 Å². The summed E-state index contributed by atoms with van der Waals surface area (Å²) in [7, 11) is 1.62. The van der Waals surface area contributed by atoms with Gasteiger partial charge < -0.3 is 9.88 Å². The monoisotopic (exact) mass is 263 g/mol. The summed E-state index contributed by atoms with van der Waals surface area (Å²) in [5.74, 6) is -0.366. The average molecular weight is 264 g/mol. The van der Waals surface area contributed by atoms with Gasteiger partial charge in [0, 0.05) is 36.8 Å². The highest BCUT2D eigenvalue weighted by atomic mass is 35.5. The first kappa shape index (κ1) is 12.3. The predicted molar refractivity (Wildman–Crippen MR) is 68.9 cm³/mol. The number of amides is 1.